The van der Waals surface area contributed by atoms with Crippen LogP contribution in [-0.4, -0.2) is 33.5 Å². The van der Waals surface area contributed by atoms with E-state index in [4.69, 9.17) is 5.11 Å². The molecule has 0 radical (unpaired) electrons. The Hall–Kier alpha value is -2.47. The van der Waals surface area contributed by atoms with E-state index in [0.29, 0.717) is 30.9 Å². The SMILES string of the molecule is O=C(CCc1ccc(C(=O)O)cc1)NCCS(=O)Cc1ccccc1. The standard InChI is InChI=1S/C19H21NO4S/c21-18(11-8-15-6-9-17(10-7-15)19(22)23)20-12-13-25(24)14-16-4-2-1-3-5-16/h1-7,9-10H,8,11-14H2,(H,20,21)(H,22,23). The van der Waals surface area contributed by atoms with Crippen LogP contribution in [0.25, 0.3) is 0 Å². The summed E-state index contributed by atoms with van der Waals surface area (Å²) in [7, 11) is -1.00. The summed E-state index contributed by atoms with van der Waals surface area (Å²) < 4.78 is 12.0. The lowest BCUT2D eigenvalue weighted by Gasteiger charge is -2.06. The molecule has 5 nitrogen and oxygen atoms in total. The number of amides is 1. The van der Waals surface area contributed by atoms with Crippen LogP contribution in [0.3, 0.4) is 0 Å². The molecular weight excluding hydrogens is 338 g/mol. The Bertz CT molecular complexity index is 729. The molecule has 0 saturated heterocycles. The summed E-state index contributed by atoms with van der Waals surface area (Å²) in [6.45, 7) is 0.385. The van der Waals surface area contributed by atoms with Crippen LogP contribution in [0.15, 0.2) is 54.6 Å². The van der Waals surface area contributed by atoms with Crippen molar-refractivity contribution in [1.82, 2.24) is 5.32 Å². The number of carbonyl (C=O) groups excluding carboxylic acids is 1. The average Bonchev–Trinajstić information content (AvgIpc) is 2.61. The molecule has 0 aliphatic carbocycles. The van der Waals surface area contributed by atoms with Crippen LogP contribution >= 0.6 is 0 Å². The van der Waals surface area contributed by atoms with Crippen molar-refractivity contribution in [2.75, 3.05) is 12.3 Å². The van der Waals surface area contributed by atoms with Gasteiger partial charge in [0.05, 0.1) is 5.56 Å². The van der Waals surface area contributed by atoms with Crippen LogP contribution in [0.5, 0.6) is 0 Å². The monoisotopic (exact) mass is 359 g/mol. The first kappa shape index (κ1) is 18.9. The fourth-order valence-electron chi connectivity index (χ4n) is 2.30. The van der Waals surface area contributed by atoms with Gasteiger partial charge in [-0.2, -0.15) is 0 Å². The zero-order valence-corrected chi connectivity index (χ0v) is 14.6. The smallest absolute Gasteiger partial charge is 0.335 e. The first-order valence-electron chi connectivity index (χ1n) is 8.02. The number of nitrogens with one attached hydrogen (secondary N) is 1. The van der Waals surface area contributed by atoms with Gasteiger partial charge in [0.2, 0.25) is 5.91 Å². The summed E-state index contributed by atoms with van der Waals surface area (Å²) in [5.41, 5.74) is 2.17. The van der Waals surface area contributed by atoms with Gasteiger partial charge in [0.15, 0.2) is 0 Å². The number of carbonyl (C=O) groups is 2. The molecule has 25 heavy (non-hydrogen) atoms. The van der Waals surface area contributed by atoms with E-state index in [0.717, 1.165) is 11.1 Å². The van der Waals surface area contributed by atoms with Gasteiger partial charge in [-0.05, 0) is 29.7 Å². The number of benzene rings is 2. The second-order valence-corrected chi connectivity index (χ2v) is 7.20. The van der Waals surface area contributed by atoms with Crippen LogP contribution in [0, 0.1) is 0 Å². The Morgan fingerprint density at radius 2 is 1.64 bits per heavy atom. The number of carboxylic acids is 1. The van der Waals surface area contributed by atoms with Crippen LogP contribution in [0.2, 0.25) is 0 Å². The molecule has 0 bridgehead atoms. The molecule has 1 atom stereocenters. The molecule has 2 aromatic rings. The molecule has 0 aliphatic rings. The van der Waals surface area contributed by atoms with Crippen LogP contribution in [0.1, 0.15) is 27.9 Å². The van der Waals surface area contributed by atoms with Crippen LogP contribution < -0.4 is 5.32 Å². The van der Waals surface area contributed by atoms with Crippen molar-refractivity contribution in [3.63, 3.8) is 0 Å². The third kappa shape index (κ3) is 6.89. The highest BCUT2D eigenvalue weighted by atomic mass is 32.2. The van der Waals surface area contributed by atoms with Crippen molar-refractivity contribution in [1.29, 1.82) is 0 Å². The van der Waals surface area contributed by atoms with Gasteiger partial charge in [-0.1, -0.05) is 42.5 Å². The lowest BCUT2D eigenvalue weighted by atomic mass is 10.1. The zero-order valence-electron chi connectivity index (χ0n) is 13.8. The number of aromatic carboxylic acids is 1. The van der Waals surface area contributed by atoms with Gasteiger partial charge < -0.3 is 10.4 Å². The number of hydrogen-bond donors (Lipinski definition) is 2. The molecule has 2 rings (SSSR count). The lowest BCUT2D eigenvalue weighted by Crippen LogP contribution is -2.28. The highest BCUT2D eigenvalue weighted by Crippen LogP contribution is 2.07. The molecular formula is C19H21NO4S. The van der Waals surface area contributed by atoms with E-state index in [2.05, 4.69) is 5.32 Å². The zero-order chi connectivity index (χ0) is 18.1. The Balaban J connectivity index is 1.65. The predicted molar refractivity (Wildman–Crippen MR) is 97.9 cm³/mol. The number of carboxylic acid groups (broad SMARTS) is 1. The van der Waals surface area contributed by atoms with Crippen molar-refractivity contribution >= 4 is 22.7 Å². The summed E-state index contributed by atoms with van der Waals surface area (Å²) in [6, 6.07) is 16.1. The van der Waals surface area contributed by atoms with E-state index in [1.54, 1.807) is 12.1 Å². The maximum absolute atomic E-state index is 12.0. The summed E-state index contributed by atoms with van der Waals surface area (Å²) in [5.74, 6) is -0.146. The second kappa shape index (κ2) is 9.74. The molecule has 2 aromatic carbocycles. The molecule has 0 fully saturated rings. The Morgan fingerprint density at radius 1 is 0.960 bits per heavy atom. The van der Waals surface area contributed by atoms with Gasteiger partial charge >= 0.3 is 5.97 Å². The van der Waals surface area contributed by atoms with Gasteiger partial charge in [0.25, 0.3) is 0 Å². The first-order valence-corrected chi connectivity index (χ1v) is 9.51. The van der Waals surface area contributed by atoms with Crippen molar-refractivity contribution in [3.8, 4) is 0 Å². The first-order chi connectivity index (χ1) is 12.0. The quantitative estimate of drug-likeness (QED) is 0.720. The molecule has 1 unspecified atom stereocenters. The minimum atomic E-state index is -1.00. The molecule has 6 heteroatoms. The molecule has 0 aliphatic heterocycles. The number of rotatable bonds is 9. The summed E-state index contributed by atoms with van der Waals surface area (Å²) in [5, 5.41) is 11.6. The van der Waals surface area contributed by atoms with Gasteiger partial charge in [-0.25, -0.2) is 4.79 Å². The third-order valence-electron chi connectivity index (χ3n) is 3.66. The summed E-state index contributed by atoms with van der Waals surface area (Å²) in [4.78, 5) is 22.6. The fourth-order valence-corrected chi connectivity index (χ4v) is 3.34. The Kier molecular flexibility index (Phi) is 7.35. The number of hydrogen-bond acceptors (Lipinski definition) is 3. The maximum Gasteiger partial charge on any atom is 0.335 e. The van der Waals surface area contributed by atoms with E-state index in [1.807, 2.05) is 30.3 Å². The van der Waals surface area contributed by atoms with E-state index in [-0.39, 0.29) is 11.5 Å². The van der Waals surface area contributed by atoms with Crippen molar-refractivity contribution < 1.29 is 18.9 Å². The second-order valence-electron chi connectivity index (χ2n) is 5.63. The van der Waals surface area contributed by atoms with Gasteiger partial charge in [0, 0.05) is 35.3 Å². The average molecular weight is 359 g/mol. The molecule has 1 amide bonds. The van der Waals surface area contributed by atoms with Gasteiger partial charge in [0.1, 0.15) is 0 Å². The minimum Gasteiger partial charge on any atom is -0.478 e. The largest absolute Gasteiger partial charge is 0.478 e. The van der Waals surface area contributed by atoms with E-state index in [1.165, 1.54) is 12.1 Å². The van der Waals surface area contributed by atoms with E-state index >= 15 is 0 Å². The highest BCUT2D eigenvalue weighted by molar-refractivity contribution is 7.84. The van der Waals surface area contributed by atoms with E-state index in [9.17, 15) is 13.8 Å². The van der Waals surface area contributed by atoms with Crippen molar-refractivity contribution in [2.24, 2.45) is 0 Å². The predicted octanol–water partition coefficient (Wildman–Crippen LogP) is 2.38. The molecule has 0 aromatic heterocycles. The van der Waals surface area contributed by atoms with Crippen molar-refractivity contribution in [2.45, 2.75) is 18.6 Å². The van der Waals surface area contributed by atoms with Gasteiger partial charge in [-0.15, -0.1) is 0 Å². The topological polar surface area (TPSA) is 83.5 Å². The van der Waals surface area contributed by atoms with Gasteiger partial charge in [-0.3, -0.25) is 9.00 Å². The van der Waals surface area contributed by atoms with Crippen LogP contribution in [-0.2, 0) is 27.8 Å². The molecule has 0 heterocycles. The number of aryl methyl sites for hydroxylation is 1. The van der Waals surface area contributed by atoms with Crippen molar-refractivity contribution in [3.05, 3.63) is 71.3 Å². The molecule has 2 N–H and O–H groups in total. The third-order valence-corrected chi connectivity index (χ3v) is 4.98. The van der Waals surface area contributed by atoms with Crippen LogP contribution in [0.4, 0.5) is 0 Å². The summed E-state index contributed by atoms with van der Waals surface area (Å²) in [6.07, 6.45) is 0.858. The normalized spacial score (nSPS) is 11.7. The molecule has 132 valence electrons. The lowest BCUT2D eigenvalue weighted by molar-refractivity contribution is -0.120. The Labute approximate surface area is 149 Å². The Morgan fingerprint density at radius 3 is 2.28 bits per heavy atom. The fraction of sp³-hybridized carbons (Fsp3) is 0.263. The summed E-state index contributed by atoms with van der Waals surface area (Å²) >= 11 is 0. The maximum atomic E-state index is 12.0. The molecule has 0 spiro atoms. The molecule has 0 saturated carbocycles. The minimum absolute atomic E-state index is 0.0981. The van der Waals surface area contributed by atoms with E-state index < -0.39 is 16.8 Å². The highest BCUT2D eigenvalue weighted by Gasteiger charge is 2.06.